The first-order valence-electron chi connectivity index (χ1n) is 17.8. The molecular formula is C42H46O7S2Si2+2. The summed E-state index contributed by atoms with van der Waals surface area (Å²) in [6.07, 6.45) is 4.49. The minimum absolute atomic E-state index is 0.205. The third-order valence-electron chi connectivity index (χ3n) is 9.44. The van der Waals surface area contributed by atoms with Crippen LogP contribution in [0.3, 0.4) is 0 Å². The van der Waals surface area contributed by atoms with Gasteiger partial charge < -0.3 is 18.1 Å². The Bertz CT molecular complexity index is 2080. The maximum atomic E-state index is 7.46. The molecule has 11 heteroatoms. The highest BCUT2D eigenvalue weighted by Gasteiger charge is 2.44. The third kappa shape index (κ3) is 7.85. The number of thiol groups is 1. The average Bonchev–Trinajstić information content (AvgIpc) is 3.41. The zero-order chi connectivity index (χ0) is 37.1. The van der Waals surface area contributed by atoms with Crippen molar-refractivity contribution in [1.29, 1.82) is 0 Å². The second-order valence-electron chi connectivity index (χ2n) is 14.5. The van der Waals surface area contributed by atoms with Gasteiger partial charge in [0.2, 0.25) is 0 Å². The molecule has 5 aromatic rings. The number of fused-ring (bicyclic) bond motifs is 8. The molecule has 7 rings (SSSR count). The Balaban J connectivity index is 1.23. The lowest BCUT2D eigenvalue weighted by atomic mass is 9.77. The van der Waals surface area contributed by atoms with E-state index in [0.29, 0.717) is 48.5 Å². The zero-order valence-electron chi connectivity index (χ0n) is 31.0. The Kier molecular flexibility index (Phi) is 11.4. The van der Waals surface area contributed by atoms with E-state index >= 15 is 0 Å². The van der Waals surface area contributed by atoms with Gasteiger partial charge in [0.15, 0.2) is 13.9 Å². The molecule has 0 aromatic heterocycles. The van der Waals surface area contributed by atoms with Crippen molar-refractivity contribution in [3.8, 4) is 28.4 Å². The van der Waals surface area contributed by atoms with Crippen LogP contribution in [0.15, 0.2) is 103 Å². The predicted octanol–water partition coefficient (Wildman–Crippen LogP) is 9.54. The molecule has 1 heterocycles. The van der Waals surface area contributed by atoms with Crippen LogP contribution in [0.4, 0.5) is 0 Å². The first-order chi connectivity index (χ1) is 25.6. The Morgan fingerprint density at radius 1 is 0.774 bits per heavy atom. The van der Waals surface area contributed by atoms with Gasteiger partial charge in [-0.1, -0.05) is 112 Å². The minimum atomic E-state index is -1.53. The first-order valence-corrected chi connectivity index (χ1v) is 24.1. The summed E-state index contributed by atoms with van der Waals surface area (Å²) in [5.74, 6) is 2.40. The van der Waals surface area contributed by atoms with E-state index in [1.807, 2.05) is 30.8 Å². The van der Waals surface area contributed by atoms with Gasteiger partial charge >= 0.3 is 34.4 Å². The molecule has 1 aliphatic heterocycles. The summed E-state index contributed by atoms with van der Waals surface area (Å²) in [6, 6.07) is 33.8. The lowest BCUT2D eigenvalue weighted by Crippen LogP contribution is -2.35. The number of rotatable bonds is 16. The number of ether oxygens (including phenoxy) is 3. The largest absolute Gasteiger partial charge is 0.748 e. The molecule has 1 radical (unpaired) electrons. The molecule has 0 amide bonds. The van der Waals surface area contributed by atoms with Crippen LogP contribution in [0.1, 0.15) is 41.7 Å². The van der Waals surface area contributed by atoms with Gasteiger partial charge in [0.25, 0.3) is 0 Å². The van der Waals surface area contributed by atoms with Crippen molar-refractivity contribution in [2.24, 2.45) is 0 Å². The molecule has 2 aliphatic rings. The maximum Gasteiger partial charge on any atom is 0.748 e. The van der Waals surface area contributed by atoms with E-state index in [-0.39, 0.29) is 5.41 Å². The van der Waals surface area contributed by atoms with Crippen LogP contribution in [0, 0.1) is 0 Å². The van der Waals surface area contributed by atoms with Gasteiger partial charge in [-0.25, -0.2) is 4.18 Å². The molecule has 0 spiro atoms. The topological polar surface area (TPSA) is 68.2 Å². The highest BCUT2D eigenvalue weighted by atomic mass is 32.2. The smallest absolute Gasteiger partial charge is 0.561 e. The Morgan fingerprint density at radius 2 is 1.40 bits per heavy atom. The molecular weight excluding hydrogens is 737 g/mol. The van der Waals surface area contributed by atoms with E-state index in [1.165, 1.54) is 40.0 Å². The van der Waals surface area contributed by atoms with Crippen molar-refractivity contribution in [2.75, 3.05) is 26.4 Å². The van der Waals surface area contributed by atoms with E-state index < -0.39 is 13.9 Å². The van der Waals surface area contributed by atoms with Crippen molar-refractivity contribution in [3.05, 3.63) is 131 Å². The summed E-state index contributed by atoms with van der Waals surface area (Å²) >= 11 is 1.70. The first kappa shape index (κ1) is 37.8. The molecule has 1 aliphatic carbocycles. The van der Waals surface area contributed by atoms with Crippen molar-refractivity contribution in [2.45, 2.75) is 51.1 Å². The van der Waals surface area contributed by atoms with Crippen LogP contribution in [0.25, 0.3) is 28.0 Å². The van der Waals surface area contributed by atoms with Crippen LogP contribution in [0.2, 0.25) is 26.2 Å². The normalized spacial score (nSPS) is 16.8. The van der Waals surface area contributed by atoms with Gasteiger partial charge in [-0.2, -0.15) is 0 Å². The maximum absolute atomic E-state index is 7.46. The summed E-state index contributed by atoms with van der Waals surface area (Å²) in [7, 11) is -1.14. The Morgan fingerprint density at radius 3 is 2.06 bits per heavy atom. The molecule has 7 nitrogen and oxygen atoms in total. The molecule has 274 valence electrons. The fraction of sp³-hybridized carbons (Fsp3) is 0.286. The molecule has 5 aromatic carbocycles. The number of hydrogen-bond acceptors (Lipinski definition) is 7. The van der Waals surface area contributed by atoms with Crippen LogP contribution in [0.5, 0.6) is 17.2 Å². The van der Waals surface area contributed by atoms with Crippen molar-refractivity contribution >= 4 is 59.6 Å². The molecule has 53 heavy (non-hydrogen) atoms. The monoisotopic (exact) mass is 782 g/mol. The highest BCUT2D eigenvalue weighted by molar-refractivity contribution is 7.90. The van der Waals surface area contributed by atoms with Crippen molar-refractivity contribution < 1.29 is 30.3 Å². The quantitative estimate of drug-likeness (QED) is 0.0325. The van der Waals surface area contributed by atoms with Gasteiger partial charge in [-0.05, 0) is 58.0 Å². The van der Waals surface area contributed by atoms with Gasteiger partial charge in [-0.15, -0.1) is 4.18 Å². The average molecular weight is 783 g/mol. The lowest BCUT2D eigenvalue weighted by Gasteiger charge is -2.38. The molecule has 0 fully saturated rings. The van der Waals surface area contributed by atoms with Crippen molar-refractivity contribution in [3.63, 3.8) is 0 Å². The molecule has 1 unspecified atom stereocenters. The van der Waals surface area contributed by atoms with Gasteiger partial charge in [0, 0.05) is 31.4 Å². The lowest BCUT2D eigenvalue weighted by molar-refractivity contribution is 0.163. The van der Waals surface area contributed by atoms with Crippen LogP contribution < -0.4 is 14.2 Å². The second kappa shape index (κ2) is 16.1. The SMILES string of the molecule is C[Si+]O[SH+]OCCOc1ccc(C2(c3ccc(OCCOS[OH+][Si-](C)(C)C)cc3)C=Cc3c4c(c5ccccc5c3O2)-c2ccccc2C4(C)C)cc1. The van der Waals surface area contributed by atoms with E-state index in [2.05, 4.69) is 122 Å². The molecule has 1 N–H and O–H groups in total. The third-order valence-corrected chi connectivity index (χ3v) is 13.5. The van der Waals surface area contributed by atoms with E-state index in [9.17, 15) is 0 Å². The van der Waals surface area contributed by atoms with Crippen LogP contribution >= 0.6 is 12.3 Å². The standard InChI is InChI=1S/C42H45O7S2Si2/c1-41(2)37-14-10-9-13-35(37)38-33-11-7-8-12-34(33)40-36(39(38)41)23-24-42(47-40,29-15-19-31(20-16-29)43-25-27-45-50-48-52-3)30-17-21-32(22-18-30)44-26-28-46-51-49-53(4,5)6/h7-24,49H,25-28H2,1-6H3/q+1/p+1. The second-order valence-corrected chi connectivity index (χ2v) is 21.5. The van der Waals surface area contributed by atoms with E-state index in [1.54, 1.807) is 0 Å². The summed E-state index contributed by atoms with van der Waals surface area (Å²) < 4.78 is 40.4. The highest BCUT2D eigenvalue weighted by Crippen LogP contribution is 2.58. The predicted molar refractivity (Wildman–Crippen MR) is 222 cm³/mol. The van der Waals surface area contributed by atoms with E-state index in [0.717, 1.165) is 39.3 Å². The Hall–Kier alpha value is -3.53. The van der Waals surface area contributed by atoms with Crippen molar-refractivity contribution in [1.82, 2.24) is 0 Å². The van der Waals surface area contributed by atoms with Crippen LogP contribution in [-0.4, -0.2) is 48.4 Å². The van der Waals surface area contributed by atoms with Gasteiger partial charge in [0.05, 0.1) is 0 Å². The molecule has 0 saturated carbocycles. The molecule has 0 saturated heterocycles. The fourth-order valence-corrected chi connectivity index (χ4v) is 9.05. The summed E-state index contributed by atoms with van der Waals surface area (Å²) in [5, 5.41) is 2.29. The summed E-state index contributed by atoms with van der Waals surface area (Å²) in [4.78, 5) is 0. The number of benzene rings is 5. The summed E-state index contributed by atoms with van der Waals surface area (Å²) in [6.45, 7) is 14.9. The van der Waals surface area contributed by atoms with Gasteiger partial charge in [-0.3, -0.25) is 0 Å². The minimum Gasteiger partial charge on any atom is -0.561 e. The molecule has 1 atom stereocenters. The zero-order valence-corrected chi connectivity index (χ0v) is 34.7. The Labute approximate surface area is 325 Å². The number of hydrogen-bond donors (Lipinski definition) is 0. The van der Waals surface area contributed by atoms with Crippen LogP contribution in [-0.2, 0) is 35.6 Å². The fourth-order valence-electron chi connectivity index (χ4n) is 7.14. The van der Waals surface area contributed by atoms with Gasteiger partial charge in [0.1, 0.15) is 50.2 Å². The summed E-state index contributed by atoms with van der Waals surface area (Å²) in [5.41, 5.74) is 7.19. The van der Waals surface area contributed by atoms with E-state index in [4.69, 9.17) is 26.4 Å². The molecule has 0 bridgehead atoms.